The van der Waals surface area contributed by atoms with E-state index in [2.05, 4.69) is 6.92 Å². The van der Waals surface area contributed by atoms with Gasteiger partial charge in [0.2, 0.25) is 0 Å². The molecule has 0 amide bonds. The minimum Gasteiger partial charge on any atom is -0.393 e. The third kappa shape index (κ3) is 4.42. The van der Waals surface area contributed by atoms with Crippen LogP contribution >= 0.6 is 0 Å². The van der Waals surface area contributed by atoms with Crippen molar-refractivity contribution < 1.29 is 9.84 Å². The molecule has 16 heavy (non-hydrogen) atoms. The van der Waals surface area contributed by atoms with Crippen molar-refractivity contribution in [2.24, 2.45) is 11.8 Å². The molecule has 3 unspecified atom stereocenters. The second kappa shape index (κ2) is 8.08. The summed E-state index contributed by atoms with van der Waals surface area (Å²) in [5, 5.41) is 10.2. The Balaban J connectivity index is 2.24. The highest BCUT2D eigenvalue weighted by molar-refractivity contribution is 4.80. The van der Waals surface area contributed by atoms with Gasteiger partial charge in [-0.1, -0.05) is 32.6 Å². The monoisotopic (exact) mass is 228 g/mol. The van der Waals surface area contributed by atoms with Gasteiger partial charge in [-0.05, 0) is 38.0 Å². The molecule has 0 aliphatic heterocycles. The first kappa shape index (κ1) is 14.0. The summed E-state index contributed by atoms with van der Waals surface area (Å²) in [6.07, 6.45) is 8.28. The van der Waals surface area contributed by atoms with E-state index in [9.17, 15) is 5.11 Å². The molecule has 96 valence electrons. The number of aliphatic hydroxyl groups is 1. The third-order valence-electron chi connectivity index (χ3n) is 3.98. The first-order valence-electron chi connectivity index (χ1n) is 7.05. The number of hydrogen-bond donors (Lipinski definition) is 1. The van der Waals surface area contributed by atoms with E-state index in [-0.39, 0.29) is 6.10 Å². The highest BCUT2D eigenvalue weighted by Crippen LogP contribution is 2.35. The minimum atomic E-state index is -0.0919. The molecule has 1 aliphatic rings. The molecule has 0 aromatic carbocycles. The molecule has 1 rings (SSSR count). The Labute approximate surface area is 100 Å². The Hall–Kier alpha value is -0.0800. The predicted molar refractivity (Wildman–Crippen MR) is 67.5 cm³/mol. The van der Waals surface area contributed by atoms with Gasteiger partial charge in [0.25, 0.3) is 0 Å². The van der Waals surface area contributed by atoms with Crippen molar-refractivity contribution in [3.05, 3.63) is 0 Å². The lowest BCUT2D eigenvalue weighted by molar-refractivity contribution is 0.0312. The van der Waals surface area contributed by atoms with Crippen LogP contribution in [0.3, 0.4) is 0 Å². The van der Waals surface area contributed by atoms with Crippen molar-refractivity contribution in [3.8, 4) is 0 Å². The zero-order chi connectivity index (χ0) is 11.8. The Morgan fingerprint density at radius 2 is 2.00 bits per heavy atom. The van der Waals surface area contributed by atoms with E-state index in [1.807, 2.05) is 6.92 Å². The molecule has 2 nitrogen and oxygen atoms in total. The van der Waals surface area contributed by atoms with E-state index in [4.69, 9.17) is 4.74 Å². The fraction of sp³-hybridized carbons (Fsp3) is 1.00. The Kier molecular flexibility index (Phi) is 7.06. The van der Waals surface area contributed by atoms with Crippen LogP contribution in [-0.2, 0) is 4.74 Å². The third-order valence-corrected chi connectivity index (χ3v) is 3.98. The van der Waals surface area contributed by atoms with E-state index in [0.717, 1.165) is 32.0 Å². The van der Waals surface area contributed by atoms with E-state index in [1.54, 1.807) is 0 Å². The molecule has 3 atom stereocenters. The van der Waals surface area contributed by atoms with Gasteiger partial charge < -0.3 is 9.84 Å². The number of rotatable bonds is 7. The molecule has 0 saturated heterocycles. The summed E-state index contributed by atoms with van der Waals surface area (Å²) in [5.41, 5.74) is 0. The quantitative estimate of drug-likeness (QED) is 0.677. The van der Waals surface area contributed by atoms with Crippen LogP contribution in [0, 0.1) is 11.8 Å². The van der Waals surface area contributed by atoms with Crippen LogP contribution in [0.5, 0.6) is 0 Å². The van der Waals surface area contributed by atoms with Crippen LogP contribution in [-0.4, -0.2) is 24.4 Å². The molecule has 0 aromatic rings. The molecule has 1 aliphatic carbocycles. The molecule has 0 bridgehead atoms. The molecular weight excluding hydrogens is 200 g/mol. The normalized spacial score (nSPS) is 27.9. The van der Waals surface area contributed by atoms with Crippen molar-refractivity contribution in [2.45, 2.75) is 64.9 Å². The molecular formula is C14H28O2. The zero-order valence-corrected chi connectivity index (χ0v) is 11.0. The molecule has 1 saturated carbocycles. The van der Waals surface area contributed by atoms with Crippen LogP contribution in [0.25, 0.3) is 0 Å². The molecule has 0 radical (unpaired) electrons. The van der Waals surface area contributed by atoms with Crippen LogP contribution in [0.4, 0.5) is 0 Å². The second-order valence-electron chi connectivity index (χ2n) is 5.02. The zero-order valence-electron chi connectivity index (χ0n) is 11.0. The number of hydrogen-bond acceptors (Lipinski definition) is 2. The van der Waals surface area contributed by atoms with E-state index >= 15 is 0 Å². The largest absolute Gasteiger partial charge is 0.393 e. The smallest absolute Gasteiger partial charge is 0.0571 e. The van der Waals surface area contributed by atoms with E-state index in [0.29, 0.717) is 5.92 Å². The van der Waals surface area contributed by atoms with Crippen LogP contribution in [0.1, 0.15) is 58.8 Å². The van der Waals surface area contributed by atoms with Gasteiger partial charge in [0.05, 0.1) is 6.10 Å². The summed E-state index contributed by atoms with van der Waals surface area (Å²) in [7, 11) is 0. The van der Waals surface area contributed by atoms with Crippen molar-refractivity contribution in [1.82, 2.24) is 0 Å². The molecule has 1 fully saturated rings. The molecule has 2 heteroatoms. The van der Waals surface area contributed by atoms with Crippen molar-refractivity contribution in [1.29, 1.82) is 0 Å². The molecule has 1 N–H and O–H groups in total. The highest BCUT2D eigenvalue weighted by Gasteiger charge is 2.29. The van der Waals surface area contributed by atoms with Crippen molar-refractivity contribution in [2.75, 3.05) is 13.2 Å². The standard InChI is InChI=1S/C14H28O2/c1-3-12-8-5-6-9-13(12)14(15)10-7-11-16-4-2/h12-15H,3-11H2,1-2H3. The minimum absolute atomic E-state index is 0.0919. The van der Waals surface area contributed by atoms with E-state index in [1.165, 1.54) is 32.1 Å². The van der Waals surface area contributed by atoms with Gasteiger partial charge in [-0.3, -0.25) is 0 Å². The summed E-state index contributed by atoms with van der Waals surface area (Å²) >= 11 is 0. The van der Waals surface area contributed by atoms with Gasteiger partial charge >= 0.3 is 0 Å². The summed E-state index contributed by atoms with van der Waals surface area (Å²) in [4.78, 5) is 0. The Morgan fingerprint density at radius 1 is 1.25 bits per heavy atom. The predicted octanol–water partition coefficient (Wildman–Crippen LogP) is 3.38. The maximum Gasteiger partial charge on any atom is 0.0571 e. The molecule has 0 heterocycles. The summed E-state index contributed by atoms with van der Waals surface area (Å²) in [6.45, 7) is 5.87. The van der Waals surface area contributed by atoms with E-state index < -0.39 is 0 Å². The van der Waals surface area contributed by atoms with Gasteiger partial charge in [-0.15, -0.1) is 0 Å². The summed E-state index contributed by atoms with van der Waals surface area (Å²) in [6, 6.07) is 0. The maximum absolute atomic E-state index is 10.2. The maximum atomic E-state index is 10.2. The Morgan fingerprint density at radius 3 is 2.69 bits per heavy atom. The number of ether oxygens (including phenoxy) is 1. The van der Waals surface area contributed by atoms with Gasteiger partial charge in [0.15, 0.2) is 0 Å². The first-order chi connectivity index (χ1) is 7.79. The van der Waals surface area contributed by atoms with Gasteiger partial charge in [0.1, 0.15) is 0 Å². The fourth-order valence-corrected chi connectivity index (χ4v) is 3.00. The average Bonchev–Trinajstić information content (AvgIpc) is 2.34. The molecule has 0 aromatic heterocycles. The molecule has 0 spiro atoms. The summed E-state index contributed by atoms with van der Waals surface area (Å²) in [5.74, 6) is 1.32. The first-order valence-corrected chi connectivity index (χ1v) is 7.05. The van der Waals surface area contributed by atoms with Crippen molar-refractivity contribution in [3.63, 3.8) is 0 Å². The SMILES string of the molecule is CCOCCCC(O)C1CCCCC1CC. The van der Waals surface area contributed by atoms with Gasteiger partial charge in [0, 0.05) is 13.2 Å². The Bertz CT molecular complexity index is 170. The average molecular weight is 228 g/mol. The lowest BCUT2D eigenvalue weighted by Gasteiger charge is -2.34. The van der Waals surface area contributed by atoms with Crippen LogP contribution in [0.2, 0.25) is 0 Å². The van der Waals surface area contributed by atoms with Gasteiger partial charge in [-0.2, -0.15) is 0 Å². The van der Waals surface area contributed by atoms with Gasteiger partial charge in [-0.25, -0.2) is 0 Å². The fourth-order valence-electron chi connectivity index (χ4n) is 3.00. The lowest BCUT2D eigenvalue weighted by Crippen LogP contribution is -2.30. The summed E-state index contributed by atoms with van der Waals surface area (Å²) < 4.78 is 5.31. The second-order valence-corrected chi connectivity index (χ2v) is 5.02. The highest BCUT2D eigenvalue weighted by atomic mass is 16.5. The van der Waals surface area contributed by atoms with Crippen LogP contribution in [0.15, 0.2) is 0 Å². The van der Waals surface area contributed by atoms with Crippen molar-refractivity contribution >= 4 is 0 Å². The van der Waals surface area contributed by atoms with Crippen LogP contribution < -0.4 is 0 Å². The number of aliphatic hydroxyl groups excluding tert-OH is 1. The lowest BCUT2D eigenvalue weighted by atomic mass is 9.74. The topological polar surface area (TPSA) is 29.5 Å².